The molecule has 3 N–H and O–H groups in total. The fourth-order valence-corrected chi connectivity index (χ4v) is 3.02. The van der Waals surface area contributed by atoms with E-state index in [-0.39, 0.29) is 18.6 Å². The van der Waals surface area contributed by atoms with Crippen LogP contribution in [0.15, 0.2) is 23.2 Å². The van der Waals surface area contributed by atoms with Gasteiger partial charge in [-0.25, -0.2) is 0 Å². The molecule has 0 aromatic heterocycles. The minimum absolute atomic E-state index is 0.116. The lowest BCUT2D eigenvalue weighted by Crippen LogP contribution is -2.43. The van der Waals surface area contributed by atoms with E-state index in [0.29, 0.717) is 25.7 Å². The number of methoxy groups -OCH3 is 2. The molecule has 0 atom stereocenters. The Labute approximate surface area is 167 Å². The van der Waals surface area contributed by atoms with Crippen molar-refractivity contribution in [1.82, 2.24) is 16.0 Å². The van der Waals surface area contributed by atoms with Crippen LogP contribution in [0.1, 0.15) is 31.2 Å². The van der Waals surface area contributed by atoms with E-state index in [1.54, 1.807) is 21.3 Å². The molecule has 0 radical (unpaired) electrons. The molecule has 1 fully saturated rings. The largest absolute Gasteiger partial charge is 0.497 e. The van der Waals surface area contributed by atoms with Crippen molar-refractivity contribution in [2.45, 2.75) is 38.3 Å². The molecule has 0 bridgehead atoms. The van der Waals surface area contributed by atoms with Gasteiger partial charge in [0.1, 0.15) is 11.5 Å². The molecule has 0 aliphatic heterocycles. The van der Waals surface area contributed by atoms with E-state index in [1.165, 1.54) is 12.8 Å². The Balaban J connectivity index is 1.89. The first kappa shape index (κ1) is 21.8. The van der Waals surface area contributed by atoms with Gasteiger partial charge in [-0.3, -0.25) is 9.79 Å². The zero-order valence-electron chi connectivity index (χ0n) is 17.0. The summed E-state index contributed by atoms with van der Waals surface area (Å²) in [5, 5.41) is 8.98. The number of nitrogens with zero attached hydrogens (tertiary/aromatic N) is 1. The molecule has 1 aliphatic carbocycles. The van der Waals surface area contributed by atoms with Crippen molar-refractivity contribution in [3.8, 4) is 11.5 Å². The molecule has 156 valence electrons. The van der Waals surface area contributed by atoms with Crippen molar-refractivity contribution in [1.29, 1.82) is 0 Å². The maximum atomic E-state index is 11.8. The first-order valence-corrected chi connectivity index (χ1v) is 9.70. The zero-order valence-corrected chi connectivity index (χ0v) is 17.0. The number of benzene rings is 1. The lowest BCUT2D eigenvalue weighted by atomic mass is 10.2. The maximum Gasteiger partial charge on any atom is 0.239 e. The fourth-order valence-electron chi connectivity index (χ4n) is 3.02. The number of rotatable bonds is 10. The van der Waals surface area contributed by atoms with Gasteiger partial charge < -0.3 is 30.2 Å². The zero-order chi connectivity index (χ0) is 20.2. The maximum absolute atomic E-state index is 11.8. The first-order chi connectivity index (χ1) is 13.7. The summed E-state index contributed by atoms with van der Waals surface area (Å²) in [6.45, 7) is 1.63. The van der Waals surface area contributed by atoms with E-state index >= 15 is 0 Å². The minimum Gasteiger partial charge on any atom is -0.497 e. The Morgan fingerprint density at radius 3 is 2.64 bits per heavy atom. The number of amides is 1. The third-order valence-corrected chi connectivity index (χ3v) is 4.58. The molecule has 8 heteroatoms. The van der Waals surface area contributed by atoms with Crippen LogP contribution in [0.2, 0.25) is 0 Å². The molecule has 1 aromatic rings. The molecule has 8 nitrogen and oxygen atoms in total. The molecule has 0 saturated heterocycles. The third-order valence-electron chi connectivity index (χ3n) is 4.58. The van der Waals surface area contributed by atoms with E-state index in [4.69, 9.17) is 14.2 Å². The van der Waals surface area contributed by atoms with Gasteiger partial charge in [-0.05, 0) is 37.8 Å². The number of hydrogen-bond acceptors (Lipinski definition) is 5. The summed E-state index contributed by atoms with van der Waals surface area (Å²) in [6, 6.07) is 5.83. The molecule has 1 saturated carbocycles. The Morgan fingerprint density at radius 2 is 1.96 bits per heavy atom. The summed E-state index contributed by atoms with van der Waals surface area (Å²) in [5.74, 6) is 2.03. The molecule has 1 aliphatic rings. The smallest absolute Gasteiger partial charge is 0.239 e. The van der Waals surface area contributed by atoms with Crippen molar-refractivity contribution in [2.75, 3.05) is 41.0 Å². The Bertz CT molecular complexity index is 645. The Hall–Kier alpha value is -2.48. The van der Waals surface area contributed by atoms with E-state index in [9.17, 15) is 4.79 Å². The van der Waals surface area contributed by atoms with Gasteiger partial charge in [0.25, 0.3) is 0 Å². The number of carbonyl (C=O) groups is 1. The summed E-state index contributed by atoms with van der Waals surface area (Å²) in [4.78, 5) is 15.9. The van der Waals surface area contributed by atoms with E-state index in [1.807, 2.05) is 18.2 Å². The van der Waals surface area contributed by atoms with Gasteiger partial charge in [0.15, 0.2) is 5.96 Å². The number of hydrogen-bond donors (Lipinski definition) is 3. The Morgan fingerprint density at radius 1 is 1.18 bits per heavy atom. The second kappa shape index (κ2) is 12.1. The first-order valence-electron chi connectivity index (χ1n) is 9.70. The van der Waals surface area contributed by atoms with Crippen molar-refractivity contribution >= 4 is 11.9 Å². The van der Waals surface area contributed by atoms with Crippen LogP contribution >= 0.6 is 0 Å². The van der Waals surface area contributed by atoms with E-state index < -0.39 is 0 Å². The monoisotopic (exact) mass is 392 g/mol. The second-order valence-corrected chi connectivity index (χ2v) is 6.62. The number of aliphatic imine (C=N–C) groups is 1. The fraction of sp³-hybridized carbons (Fsp3) is 0.600. The van der Waals surface area contributed by atoms with Gasteiger partial charge in [0, 0.05) is 38.9 Å². The van der Waals surface area contributed by atoms with Crippen LogP contribution in [0.4, 0.5) is 0 Å². The predicted molar refractivity (Wildman–Crippen MR) is 109 cm³/mol. The Kier molecular flexibility index (Phi) is 9.41. The summed E-state index contributed by atoms with van der Waals surface area (Å²) < 4.78 is 16.5. The molecular weight excluding hydrogens is 360 g/mol. The van der Waals surface area contributed by atoms with Gasteiger partial charge in [-0.2, -0.15) is 0 Å². The van der Waals surface area contributed by atoms with E-state index in [2.05, 4.69) is 20.9 Å². The van der Waals surface area contributed by atoms with E-state index in [0.717, 1.165) is 29.9 Å². The summed E-state index contributed by atoms with van der Waals surface area (Å²) in [6.07, 6.45) is 4.87. The van der Waals surface area contributed by atoms with Crippen LogP contribution < -0.4 is 25.4 Å². The van der Waals surface area contributed by atoms with Crippen LogP contribution in [0, 0.1) is 0 Å². The van der Waals surface area contributed by atoms with Crippen molar-refractivity contribution in [2.24, 2.45) is 4.99 Å². The number of guanidine groups is 1. The molecular formula is C20H32N4O4. The standard InChI is InChI=1S/C20H32N4O4/c1-21-20(24-14-19(25)22-10-11-26-2)23-13-15-8-9-17(27-3)12-18(15)28-16-6-4-5-7-16/h8-9,12,16H,4-7,10-11,13-14H2,1-3H3,(H,22,25)(H2,21,23,24). The molecule has 0 unspecified atom stereocenters. The predicted octanol–water partition coefficient (Wildman–Crippen LogP) is 1.44. The number of nitrogens with one attached hydrogen (secondary N) is 3. The van der Waals surface area contributed by atoms with Gasteiger partial charge in [-0.15, -0.1) is 0 Å². The molecule has 0 spiro atoms. The van der Waals surface area contributed by atoms with Crippen LogP contribution in [-0.2, 0) is 16.1 Å². The average Bonchev–Trinajstić information content (AvgIpc) is 3.22. The highest BCUT2D eigenvalue weighted by Gasteiger charge is 2.18. The molecule has 1 aromatic carbocycles. The average molecular weight is 393 g/mol. The van der Waals surface area contributed by atoms with Gasteiger partial charge in [-0.1, -0.05) is 0 Å². The summed E-state index contributed by atoms with van der Waals surface area (Å²) in [5.41, 5.74) is 1.01. The van der Waals surface area contributed by atoms with Crippen LogP contribution in [-0.4, -0.2) is 58.9 Å². The highest BCUT2D eigenvalue weighted by molar-refractivity contribution is 5.86. The summed E-state index contributed by atoms with van der Waals surface area (Å²) >= 11 is 0. The highest BCUT2D eigenvalue weighted by atomic mass is 16.5. The lowest BCUT2D eigenvalue weighted by Gasteiger charge is -2.18. The molecule has 0 heterocycles. The molecule has 2 rings (SSSR count). The molecule has 28 heavy (non-hydrogen) atoms. The van der Waals surface area contributed by atoms with Gasteiger partial charge in [0.2, 0.25) is 5.91 Å². The SMILES string of the molecule is CN=C(NCC(=O)NCCOC)NCc1ccc(OC)cc1OC1CCCC1. The normalized spacial score (nSPS) is 14.6. The van der Waals surface area contributed by atoms with Crippen LogP contribution in [0.3, 0.4) is 0 Å². The van der Waals surface area contributed by atoms with Crippen LogP contribution in [0.5, 0.6) is 11.5 Å². The van der Waals surface area contributed by atoms with Gasteiger partial charge in [0.05, 0.1) is 26.4 Å². The van der Waals surface area contributed by atoms with Crippen LogP contribution in [0.25, 0.3) is 0 Å². The minimum atomic E-state index is -0.116. The number of carbonyl (C=O) groups excluding carboxylic acids is 1. The van der Waals surface area contributed by atoms with Crippen molar-refractivity contribution < 1.29 is 19.0 Å². The second-order valence-electron chi connectivity index (χ2n) is 6.62. The number of ether oxygens (including phenoxy) is 3. The van der Waals surface area contributed by atoms with Crippen molar-refractivity contribution in [3.63, 3.8) is 0 Å². The molecule has 1 amide bonds. The highest BCUT2D eigenvalue weighted by Crippen LogP contribution is 2.29. The van der Waals surface area contributed by atoms with Crippen molar-refractivity contribution in [3.05, 3.63) is 23.8 Å². The lowest BCUT2D eigenvalue weighted by molar-refractivity contribution is -0.120. The third kappa shape index (κ3) is 7.26. The quantitative estimate of drug-likeness (QED) is 0.317. The summed E-state index contributed by atoms with van der Waals surface area (Å²) in [7, 11) is 4.91. The topological polar surface area (TPSA) is 93.2 Å². The van der Waals surface area contributed by atoms with Gasteiger partial charge >= 0.3 is 0 Å².